The van der Waals surface area contributed by atoms with Gasteiger partial charge >= 0.3 is 0 Å². The van der Waals surface area contributed by atoms with Crippen LogP contribution in [0.15, 0.2) is 71.6 Å². The van der Waals surface area contributed by atoms with E-state index in [1.807, 2.05) is 20.8 Å². The molecule has 3 rings (SSSR count). The van der Waals surface area contributed by atoms with Crippen molar-refractivity contribution in [2.75, 3.05) is 25.1 Å². The average Bonchev–Trinajstić information content (AvgIpc) is 2.98. The summed E-state index contributed by atoms with van der Waals surface area (Å²) in [6, 6.07) is 16.9. The molecule has 0 spiro atoms. The molecule has 0 aliphatic carbocycles. The van der Waals surface area contributed by atoms with Gasteiger partial charge in [0.1, 0.15) is 12.6 Å². The molecular weight excluding hydrogens is 578 g/mol. The molecule has 2 atom stereocenters. The van der Waals surface area contributed by atoms with E-state index in [1.54, 1.807) is 49.4 Å². The van der Waals surface area contributed by atoms with Crippen molar-refractivity contribution in [3.8, 4) is 11.5 Å². The van der Waals surface area contributed by atoms with Crippen LogP contribution in [0.1, 0.15) is 38.3 Å². The Morgan fingerprint density at radius 3 is 2.19 bits per heavy atom. The summed E-state index contributed by atoms with van der Waals surface area (Å²) in [5.74, 6) is -0.257. The molecule has 0 fully saturated rings. The van der Waals surface area contributed by atoms with Gasteiger partial charge in [-0.25, -0.2) is 8.42 Å². The number of methoxy groups -OCH3 is 2. The number of benzene rings is 3. The molecule has 0 unspecified atom stereocenters. The molecule has 0 aromatic heterocycles. The predicted octanol–water partition coefficient (Wildman–Crippen LogP) is 5.19. The maximum absolute atomic E-state index is 14.1. The molecule has 226 valence electrons. The summed E-state index contributed by atoms with van der Waals surface area (Å²) in [5, 5.41) is 3.34. The molecule has 0 aliphatic heterocycles. The summed E-state index contributed by atoms with van der Waals surface area (Å²) in [6.07, 6.45) is 0.707. The zero-order chi connectivity index (χ0) is 31.0. The van der Waals surface area contributed by atoms with Gasteiger partial charge in [0.05, 0.1) is 24.8 Å². The monoisotopic (exact) mass is 615 g/mol. The third-order valence-corrected chi connectivity index (χ3v) is 9.17. The van der Waals surface area contributed by atoms with Crippen molar-refractivity contribution in [2.24, 2.45) is 0 Å². The first kappa shape index (κ1) is 32.8. The first-order valence-corrected chi connectivity index (χ1v) is 15.4. The van der Waals surface area contributed by atoms with Crippen molar-refractivity contribution in [1.82, 2.24) is 10.2 Å². The highest BCUT2D eigenvalue weighted by Crippen LogP contribution is 2.34. The Morgan fingerprint density at radius 2 is 1.60 bits per heavy atom. The molecule has 11 heteroatoms. The van der Waals surface area contributed by atoms with Crippen molar-refractivity contribution >= 4 is 39.1 Å². The lowest BCUT2D eigenvalue weighted by molar-refractivity contribution is -0.139. The van der Waals surface area contributed by atoms with Crippen LogP contribution in [0.5, 0.6) is 11.5 Å². The standard InChI is InChI=1S/C31H38ClN3O6S/c1-7-22(3)33-31(37)23(4)34(19-24-10-8-9-11-27(24)32)30(36)20-35(25-14-17-28(40-5)29(18-25)41-6)42(38,39)26-15-12-21(2)13-16-26/h8-18,22-23H,7,19-20H2,1-6H3,(H,33,37)/t22-,23-/m0/s1. The van der Waals surface area contributed by atoms with Crippen LogP contribution < -0.4 is 19.1 Å². The topological polar surface area (TPSA) is 105 Å². The van der Waals surface area contributed by atoms with E-state index in [4.69, 9.17) is 21.1 Å². The molecule has 3 aromatic rings. The molecule has 0 saturated carbocycles. The zero-order valence-electron chi connectivity index (χ0n) is 24.8. The number of ether oxygens (including phenoxy) is 2. The molecule has 0 bridgehead atoms. The molecule has 2 amide bonds. The highest BCUT2D eigenvalue weighted by atomic mass is 35.5. The second-order valence-electron chi connectivity index (χ2n) is 9.97. The molecule has 3 aromatic carbocycles. The number of nitrogens with one attached hydrogen (secondary N) is 1. The number of amides is 2. The number of hydrogen-bond donors (Lipinski definition) is 1. The molecule has 0 heterocycles. The van der Waals surface area contributed by atoms with E-state index in [1.165, 1.54) is 43.4 Å². The third kappa shape index (κ3) is 7.74. The van der Waals surface area contributed by atoms with Gasteiger partial charge in [-0.05, 0) is 63.1 Å². The van der Waals surface area contributed by atoms with Crippen LogP contribution in [0.25, 0.3) is 0 Å². The number of nitrogens with zero attached hydrogens (tertiary/aromatic N) is 2. The summed E-state index contributed by atoms with van der Waals surface area (Å²) in [5.41, 5.74) is 1.69. The summed E-state index contributed by atoms with van der Waals surface area (Å²) >= 11 is 6.42. The Morgan fingerprint density at radius 1 is 0.952 bits per heavy atom. The van der Waals surface area contributed by atoms with Gasteiger partial charge in [-0.3, -0.25) is 13.9 Å². The van der Waals surface area contributed by atoms with Crippen LogP contribution in [-0.4, -0.2) is 58.0 Å². The molecule has 0 aliphatic rings. The Kier molecular flexibility index (Phi) is 11.2. The fraction of sp³-hybridized carbons (Fsp3) is 0.355. The van der Waals surface area contributed by atoms with Crippen molar-refractivity contribution < 1.29 is 27.5 Å². The number of carbonyl (C=O) groups excluding carboxylic acids is 2. The number of sulfonamides is 1. The van der Waals surface area contributed by atoms with Crippen LogP contribution in [0.3, 0.4) is 0 Å². The van der Waals surface area contributed by atoms with Crippen LogP contribution in [-0.2, 0) is 26.2 Å². The van der Waals surface area contributed by atoms with Gasteiger partial charge in [0.15, 0.2) is 11.5 Å². The lowest BCUT2D eigenvalue weighted by atomic mass is 10.1. The van der Waals surface area contributed by atoms with Crippen molar-refractivity contribution in [3.05, 3.63) is 82.9 Å². The fourth-order valence-electron chi connectivity index (χ4n) is 4.20. The number of hydrogen-bond acceptors (Lipinski definition) is 6. The van der Waals surface area contributed by atoms with E-state index in [0.29, 0.717) is 28.5 Å². The normalized spacial score (nSPS) is 12.6. The predicted molar refractivity (Wildman–Crippen MR) is 165 cm³/mol. The number of anilines is 1. The Hall–Kier alpha value is -3.76. The van der Waals surface area contributed by atoms with Crippen molar-refractivity contribution in [2.45, 2.75) is 57.6 Å². The van der Waals surface area contributed by atoms with E-state index in [2.05, 4.69) is 5.32 Å². The summed E-state index contributed by atoms with van der Waals surface area (Å²) in [4.78, 5) is 28.6. The molecule has 1 N–H and O–H groups in total. The summed E-state index contributed by atoms with van der Waals surface area (Å²) in [7, 11) is -1.32. The van der Waals surface area contributed by atoms with Gasteiger partial charge in [0.25, 0.3) is 10.0 Å². The van der Waals surface area contributed by atoms with Crippen LogP contribution >= 0.6 is 11.6 Å². The first-order valence-electron chi connectivity index (χ1n) is 13.6. The number of aryl methyl sites for hydroxylation is 1. The van der Waals surface area contributed by atoms with Gasteiger partial charge in [-0.2, -0.15) is 0 Å². The van der Waals surface area contributed by atoms with Gasteiger partial charge in [-0.1, -0.05) is 54.4 Å². The molecular formula is C31H38ClN3O6S. The third-order valence-electron chi connectivity index (χ3n) is 7.01. The van der Waals surface area contributed by atoms with Gasteiger partial charge in [-0.15, -0.1) is 0 Å². The fourth-order valence-corrected chi connectivity index (χ4v) is 5.81. The Balaban J connectivity index is 2.10. The number of carbonyl (C=O) groups is 2. The van der Waals surface area contributed by atoms with E-state index < -0.39 is 28.5 Å². The maximum Gasteiger partial charge on any atom is 0.264 e. The van der Waals surface area contributed by atoms with Crippen molar-refractivity contribution in [3.63, 3.8) is 0 Å². The van der Waals surface area contributed by atoms with Crippen molar-refractivity contribution in [1.29, 1.82) is 0 Å². The van der Waals surface area contributed by atoms with E-state index in [-0.39, 0.29) is 29.1 Å². The summed E-state index contributed by atoms with van der Waals surface area (Å²) < 4.78 is 39.8. The van der Waals surface area contributed by atoms with E-state index in [9.17, 15) is 18.0 Å². The minimum Gasteiger partial charge on any atom is -0.493 e. The van der Waals surface area contributed by atoms with Crippen LogP contribution in [0.2, 0.25) is 5.02 Å². The SMILES string of the molecule is CC[C@H](C)NC(=O)[C@H](C)N(Cc1ccccc1Cl)C(=O)CN(c1ccc(OC)c(OC)c1)S(=O)(=O)c1ccc(C)cc1. The lowest BCUT2D eigenvalue weighted by Gasteiger charge is -2.32. The highest BCUT2D eigenvalue weighted by molar-refractivity contribution is 7.92. The molecule has 0 radical (unpaired) electrons. The quantitative estimate of drug-likeness (QED) is 0.284. The zero-order valence-corrected chi connectivity index (χ0v) is 26.3. The van der Waals surface area contributed by atoms with E-state index >= 15 is 0 Å². The number of halogens is 1. The Labute approximate surface area is 253 Å². The lowest BCUT2D eigenvalue weighted by Crippen LogP contribution is -2.52. The largest absolute Gasteiger partial charge is 0.493 e. The van der Waals surface area contributed by atoms with Gasteiger partial charge in [0, 0.05) is 23.7 Å². The van der Waals surface area contributed by atoms with Crippen LogP contribution in [0, 0.1) is 6.92 Å². The molecule has 0 saturated heterocycles. The average molecular weight is 616 g/mol. The minimum absolute atomic E-state index is 0.00203. The molecule has 9 nitrogen and oxygen atoms in total. The van der Waals surface area contributed by atoms with Crippen LogP contribution in [0.4, 0.5) is 5.69 Å². The maximum atomic E-state index is 14.1. The number of rotatable bonds is 13. The molecule has 42 heavy (non-hydrogen) atoms. The van der Waals surface area contributed by atoms with Gasteiger partial charge < -0.3 is 19.7 Å². The van der Waals surface area contributed by atoms with Gasteiger partial charge in [0.2, 0.25) is 11.8 Å². The second kappa shape index (κ2) is 14.4. The smallest absolute Gasteiger partial charge is 0.264 e. The first-order chi connectivity index (χ1) is 19.9. The summed E-state index contributed by atoms with van der Waals surface area (Å²) in [6.45, 7) is 6.69. The van der Waals surface area contributed by atoms with E-state index in [0.717, 1.165) is 9.87 Å². The minimum atomic E-state index is -4.23. The Bertz CT molecular complexity index is 1500. The highest BCUT2D eigenvalue weighted by Gasteiger charge is 2.33. The second-order valence-corrected chi connectivity index (χ2v) is 12.2.